The van der Waals surface area contributed by atoms with Gasteiger partial charge in [-0.2, -0.15) is 0 Å². The van der Waals surface area contributed by atoms with Crippen molar-refractivity contribution >= 4 is 12.2 Å². The van der Waals surface area contributed by atoms with Gasteiger partial charge in [-0.05, 0) is 74.9 Å². The van der Waals surface area contributed by atoms with Gasteiger partial charge in [-0.1, -0.05) is 13.8 Å². The largest absolute Gasteiger partial charge is 0.396 e. The van der Waals surface area contributed by atoms with Gasteiger partial charge in [0.15, 0.2) is 0 Å². The molecule has 0 aliphatic heterocycles. The molecule has 6 nitrogen and oxygen atoms in total. The van der Waals surface area contributed by atoms with Crippen molar-refractivity contribution in [2.24, 2.45) is 5.41 Å². The third kappa shape index (κ3) is 11.1. The van der Waals surface area contributed by atoms with E-state index in [2.05, 4.69) is 41.5 Å². The second-order valence-corrected chi connectivity index (χ2v) is 6.43. The molecule has 0 atom stereocenters. The molecule has 142 valence electrons. The number of carbonyl (C=O) groups excluding carboxylic acids is 2. The molecule has 0 amide bonds. The van der Waals surface area contributed by atoms with Crippen molar-refractivity contribution in [2.45, 2.75) is 55.4 Å². The van der Waals surface area contributed by atoms with E-state index in [4.69, 9.17) is 30.6 Å². The van der Waals surface area contributed by atoms with Crippen LogP contribution in [0.3, 0.4) is 0 Å². The Morgan fingerprint density at radius 2 is 0.800 bits per heavy atom. The summed E-state index contributed by atoms with van der Waals surface area (Å²) in [4.78, 5) is 16.7. The van der Waals surface area contributed by atoms with Crippen molar-refractivity contribution < 1.29 is 19.8 Å². The molecule has 0 unspecified atom stereocenters. The first-order chi connectivity index (χ1) is 11.4. The number of hydrogen-bond donors (Lipinski definition) is 4. The highest BCUT2D eigenvalue weighted by molar-refractivity contribution is 5.48. The van der Waals surface area contributed by atoms with Crippen LogP contribution in [0.25, 0.3) is 0 Å². The van der Waals surface area contributed by atoms with Gasteiger partial charge in [-0.15, -0.1) is 0 Å². The van der Waals surface area contributed by atoms with Gasteiger partial charge < -0.3 is 10.2 Å². The minimum atomic E-state index is -0.306. The van der Waals surface area contributed by atoms with Crippen LogP contribution in [0.2, 0.25) is 0 Å². The summed E-state index contributed by atoms with van der Waals surface area (Å²) < 4.78 is 0. The first-order valence-electron chi connectivity index (χ1n) is 7.75. The lowest BCUT2D eigenvalue weighted by atomic mass is 9.90. The first-order valence-corrected chi connectivity index (χ1v) is 7.75. The van der Waals surface area contributed by atoms with E-state index in [0.29, 0.717) is 0 Å². The number of isocyanates is 2. The molecule has 0 heterocycles. The molecule has 0 bridgehead atoms. The predicted octanol–water partition coefficient (Wildman–Crippen LogP) is 3.34. The highest BCUT2D eigenvalue weighted by atomic mass is 16.3. The smallest absolute Gasteiger partial charge is 0.231 e. The maximum atomic E-state index is 8.43. The molecule has 1 aromatic rings. The Morgan fingerprint density at radius 3 is 0.840 bits per heavy atom. The molecule has 6 heteroatoms. The van der Waals surface area contributed by atoms with E-state index >= 15 is 0 Å². The van der Waals surface area contributed by atoms with E-state index in [9.17, 15) is 0 Å². The van der Waals surface area contributed by atoms with Gasteiger partial charge in [0.25, 0.3) is 0 Å². The number of hydrogen-bond acceptors (Lipinski definition) is 6. The Morgan fingerprint density at radius 1 is 0.680 bits per heavy atom. The molecule has 0 aliphatic rings. The van der Waals surface area contributed by atoms with Gasteiger partial charge in [0.05, 0.1) is 13.2 Å². The van der Waals surface area contributed by atoms with Crippen molar-refractivity contribution in [1.82, 2.24) is 0 Å². The van der Waals surface area contributed by atoms with E-state index < -0.39 is 0 Å². The zero-order chi connectivity index (χ0) is 20.8. The van der Waals surface area contributed by atoms with Crippen LogP contribution in [0.15, 0.2) is 0 Å². The van der Waals surface area contributed by atoms with Crippen LogP contribution in [0.1, 0.15) is 47.2 Å². The van der Waals surface area contributed by atoms with Crippen LogP contribution >= 0.6 is 0 Å². The molecule has 0 fully saturated rings. The summed E-state index contributed by atoms with van der Waals surface area (Å²) in [5.74, 6) is 0. The van der Waals surface area contributed by atoms with Gasteiger partial charge >= 0.3 is 0 Å². The molecule has 4 N–H and O–H groups in total. The third-order valence-electron chi connectivity index (χ3n) is 4.23. The summed E-state index contributed by atoms with van der Waals surface area (Å²) in [5.41, 5.74) is 8.42. The first kappa shape index (κ1) is 27.7. The second-order valence-electron chi connectivity index (χ2n) is 6.43. The summed E-state index contributed by atoms with van der Waals surface area (Å²) in [6.07, 6.45) is 1.50. The molecule has 0 spiro atoms. The molecular formula is C19H32N2O4. The molecule has 0 aromatic heterocycles. The minimum Gasteiger partial charge on any atom is -0.396 e. The van der Waals surface area contributed by atoms with Gasteiger partial charge in [0.2, 0.25) is 12.2 Å². The van der Waals surface area contributed by atoms with Crippen LogP contribution in [-0.2, 0) is 9.59 Å². The van der Waals surface area contributed by atoms with Gasteiger partial charge in [0, 0.05) is 5.41 Å². The highest BCUT2D eigenvalue weighted by Crippen LogP contribution is 2.24. The number of aliphatic hydroxyl groups is 2. The third-order valence-corrected chi connectivity index (χ3v) is 4.23. The lowest BCUT2D eigenvalue weighted by Crippen LogP contribution is -2.20. The highest BCUT2D eigenvalue weighted by Gasteiger charge is 2.13. The SMILES string of the molecule is CC(C)(CO)CO.Cc1c(C)c(C)c(C)c(C)c1C.N=C=O.N=C=O. The predicted molar refractivity (Wildman–Crippen MR) is 99.6 cm³/mol. The summed E-state index contributed by atoms with van der Waals surface area (Å²) in [7, 11) is 0. The Labute approximate surface area is 150 Å². The summed E-state index contributed by atoms with van der Waals surface area (Å²) in [5, 5.41) is 27.7. The standard InChI is InChI=1S/C12H18.C5H12O2.2CHNO/c1-7-8(2)10(4)12(6)11(5)9(7)3;1-5(2,3-6)4-7;2*2-1-3/h1-6H3;6-7H,3-4H2,1-2H3;2*2H. The van der Waals surface area contributed by atoms with Gasteiger partial charge in [-0.3, -0.25) is 0 Å². The lowest BCUT2D eigenvalue weighted by Gasteiger charge is -2.16. The van der Waals surface area contributed by atoms with E-state index in [0.717, 1.165) is 12.2 Å². The molecule has 25 heavy (non-hydrogen) atoms. The Balaban J connectivity index is -0.000000316. The normalized spacial score (nSPS) is 9.04. The molecule has 0 radical (unpaired) electrons. The molecule has 0 saturated heterocycles. The Kier molecular flexibility index (Phi) is 15.8. The minimum absolute atomic E-state index is 0.0451. The fourth-order valence-corrected chi connectivity index (χ4v) is 1.74. The zero-order valence-electron chi connectivity index (χ0n) is 16.6. The topological polar surface area (TPSA) is 122 Å². The molecular weight excluding hydrogens is 320 g/mol. The lowest BCUT2D eigenvalue weighted by molar-refractivity contribution is 0.0857. The van der Waals surface area contributed by atoms with Crippen molar-refractivity contribution in [3.63, 3.8) is 0 Å². The van der Waals surface area contributed by atoms with E-state index in [1.165, 1.54) is 33.4 Å². The van der Waals surface area contributed by atoms with Crippen LogP contribution in [-0.4, -0.2) is 35.6 Å². The molecule has 0 saturated carbocycles. The maximum Gasteiger partial charge on any atom is 0.231 e. The van der Waals surface area contributed by atoms with E-state index in [1.807, 2.05) is 0 Å². The average Bonchev–Trinajstić information content (AvgIpc) is 2.58. The van der Waals surface area contributed by atoms with Crippen molar-refractivity contribution in [3.8, 4) is 0 Å². The van der Waals surface area contributed by atoms with Gasteiger partial charge in [0.1, 0.15) is 0 Å². The zero-order valence-corrected chi connectivity index (χ0v) is 16.6. The monoisotopic (exact) mass is 352 g/mol. The Bertz CT molecular complexity index is 473. The molecule has 1 rings (SSSR count). The number of aliphatic hydroxyl groups excluding tert-OH is 2. The van der Waals surface area contributed by atoms with Crippen LogP contribution in [0, 0.1) is 57.8 Å². The summed E-state index contributed by atoms with van der Waals surface area (Å²) in [6, 6.07) is 0. The van der Waals surface area contributed by atoms with E-state index in [-0.39, 0.29) is 18.6 Å². The Hall–Kier alpha value is -2.10. The molecule has 1 aromatic carbocycles. The van der Waals surface area contributed by atoms with Crippen LogP contribution in [0.4, 0.5) is 0 Å². The second kappa shape index (κ2) is 14.3. The average molecular weight is 352 g/mol. The number of rotatable bonds is 2. The van der Waals surface area contributed by atoms with Crippen LogP contribution in [0.5, 0.6) is 0 Å². The molecule has 0 aliphatic carbocycles. The summed E-state index contributed by atoms with van der Waals surface area (Å²) >= 11 is 0. The van der Waals surface area contributed by atoms with Crippen molar-refractivity contribution in [1.29, 1.82) is 10.8 Å². The maximum absolute atomic E-state index is 8.43. The fraction of sp³-hybridized carbons (Fsp3) is 0.579. The van der Waals surface area contributed by atoms with Gasteiger partial charge in [-0.25, -0.2) is 20.4 Å². The fourth-order valence-electron chi connectivity index (χ4n) is 1.74. The van der Waals surface area contributed by atoms with Crippen LogP contribution < -0.4 is 0 Å². The quantitative estimate of drug-likeness (QED) is 0.481. The number of nitrogens with one attached hydrogen (secondary N) is 2. The number of benzene rings is 1. The van der Waals surface area contributed by atoms with Crippen molar-refractivity contribution in [3.05, 3.63) is 33.4 Å². The van der Waals surface area contributed by atoms with Crippen molar-refractivity contribution in [2.75, 3.05) is 13.2 Å². The van der Waals surface area contributed by atoms with E-state index in [1.54, 1.807) is 13.8 Å². The summed E-state index contributed by atoms with van der Waals surface area (Å²) in [6.45, 7) is 17.0.